The van der Waals surface area contributed by atoms with E-state index in [1.54, 1.807) is 18.2 Å². The van der Waals surface area contributed by atoms with Crippen LogP contribution in [0.4, 0.5) is 0 Å². The van der Waals surface area contributed by atoms with Gasteiger partial charge in [-0.3, -0.25) is 9.59 Å². The molecule has 0 saturated carbocycles. The summed E-state index contributed by atoms with van der Waals surface area (Å²) in [5.41, 5.74) is -0.0582. The summed E-state index contributed by atoms with van der Waals surface area (Å²) in [6.07, 6.45) is 3.05. The Morgan fingerprint density at radius 1 is 1.42 bits per heavy atom. The second kappa shape index (κ2) is 6.60. The van der Waals surface area contributed by atoms with Gasteiger partial charge in [0, 0.05) is 18.7 Å². The molecule has 1 aliphatic rings. The number of aromatic nitrogens is 2. The Morgan fingerprint density at radius 3 is 2.96 bits per heavy atom. The molecule has 1 atom stereocenters. The minimum absolute atomic E-state index is 0.0465. The molecule has 0 bridgehead atoms. The van der Waals surface area contributed by atoms with Gasteiger partial charge >= 0.3 is 0 Å². The van der Waals surface area contributed by atoms with E-state index < -0.39 is 0 Å². The van der Waals surface area contributed by atoms with Gasteiger partial charge in [-0.15, -0.1) is 0 Å². The van der Waals surface area contributed by atoms with Crippen LogP contribution in [0.25, 0.3) is 11.5 Å². The lowest BCUT2D eigenvalue weighted by molar-refractivity contribution is -0.124. The van der Waals surface area contributed by atoms with Crippen molar-refractivity contribution in [1.29, 1.82) is 0 Å². The average Bonchev–Trinajstić information content (AvgIpc) is 3.02. The summed E-state index contributed by atoms with van der Waals surface area (Å²) in [6.45, 7) is 4.50. The molecule has 3 heterocycles. The predicted octanol–water partition coefficient (Wildman–Crippen LogP) is 1.58. The number of hydrogen-bond acceptors (Lipinski definition) is 5. The van der Waals surface area contributed by atoms with Crippen LogP contribution in [0.5, 0.6) is 0 Å². The minimum Gasteiger partial charge on any atom is -0.463 e. The van der Waals surface area contributed by atoms with Crippen LogP contribution in [0.1, 0.15) is 26.7 Å². The van der Waals surface area contributed by atoms with Gasteiger partial charge in [0.1, 0.15) is 12.2 Å². The van der Waals surface area contributed by atoms with Crippen molar-refractivity contribution in [2.45, 2.75) is 44.9 Å². The molecule has 0 aromatic carbocycles. The number of nitrogens with one attached hydrogen (secondary N) is 1. The highest BCUT2D eigenvalue weighted by Gasteiger charge is 2.29. The number of carbonyl (C=O) groups excluding carboxylic acids is 1. The summed E-state index contributed by atoms with van der Waals surface area (Å²) in [4.78, 5) is 24.2. The zero-order valence-electron chi connectivity index (χ0n) is 13.8. The maximum absolute atomic E-state index is 12.3. The lowest BCUT2D eigenvalue weighted by Crippen LogP contribution is -2.47. The first-order chi connectivity index (χ1) is 11.4. The van der Waals surface area contributed by atoms with Crippen molar-refractivity contribution >= 4 is 5.91 Å². The fraction of sp³-hybridized carbons (Fsp3) is 0.471. The first kappa shape index (κ1) is 16.4. The molecular formula is C17H21N3O4. The molecule has 2 aromatic rings. The molecule has 0 aliphatic carbocycles. The Hall–Kier alpha value is -2.41. The SMILES string of the molecule is CC1(C)C[C@@H](NC(=O)Cn2nc(-c3ccco3)ccc2=O)CCO1. The zero-order chi connectivity index (χ0) is 17.2. The predicted molar refractivity (Wildman–Crippen MR) is 87.4 cm³/mol. The highest BCUT2D eigenvalue weighted by molar-refractivity contribution is 5.76. The number of rotatable bonds is 4. The zero-order valence-corrected chi connectivity index (χ0v) is 13.8. The number of furan rings is 1. The van der Waals surface area contributed by atoms with Crippen molar-refractivity contribution in [3.05, 3.63) is 40.9 Å². The molecule has 7 nitrogen and oxygen atoms in total. The van der Waals surface area contributed by atoms with E-state index in [0.29, 0.717) is 18.1 Å². The van der Waals surface area contributed by atoms with Crippen LogP contribution in [0.2, 0.25) is 0 Å². The van der Waals surface area contributed by atoms with Gasteiger partial charge in [-0.2, -0.15) is 5.10 Å². The Labute approximate surface area is 139 Å². The maximum Gasteiger partial charge on any atom is 0.267 e. The smallest absolute Gasteiger partial charge is 0.267 e. The van der Waals surface area contributed by atoms with Gasteiger partial charge in [-0.1, -0.05) is 0 Å². The Kier molecular flexibility index (Phi) is 4.53. The Morgan fingerprint density at radius 2 is 2.25 bits per heavy atom. The largest absolute Gasteiger partial charge is 0.463 e. The molecule has 1 N–H and O–H groups in total. The number of hydrogen-bond donors (Lipinski definition) is 1. The number of nitrogens with zero attached hydrogens (tertiary/aromatic N) is 2. The summed E-state index contributed by atoms with van der Waals surface area (Å²) in [7, 11) is 0. The van der Waals surface area contributed by atoms with E-state index in [0.717, 1.165) is 17.5 Å². The molecule has 0 spiro atoms. The van der Waals surface area contributed by atoms with Crippen LogP contribution in [-0.2, 0) is 16.1 Å². The highest BCUT2D eigenvalue weighted by Crippen LogP contribution is 2.23. The van der Waals surface area contributed by atoms with E-state index in [1.807, 2.05) is 13.8 Å². The molecule has 0 radical (unpaired) electrons. The summed E-state index contributed by atoms with van der Waals surface area (Å²) in [5, 5.41) is 7.16. The van der Waals surface area contributed by atoms with Gasteiger partial charge in [0.15, 0.2) is 5.76 Å². The van der Waals surface area contributed by atoms with Crippen LogP contribution in [-0.4, -0.2) is 33.9 Å². The van der Waals surface area contributed by atoms with Crippen LogP contribution >= 0.6 is 0 Å². The molecule has 7 heteroatoms. The van der Waals surface area contributed by atoms with Crippen LogP contribution in [0.15, 0.2) is 39.7 Å². The van der Waals surface area contributed by atoms with Crippen LogP contribution < -0.4 is 10.9 Å². The van der Waals surface area contributed by atoms with Gasteiger partial charge < -0.3 is 14.5 Å². The normalized spacial score (nSPS) is 19.8. The molecule has 128 valence electrons. The van der Waals surface area contributed by atoms with Crippen LogP contribution in [0, 0.1) is 0 Å². The number of ether oxygens (including phenoxy) is 1. The molecule has 3 rings (SSSR count). The first-order valence-electron chi connectivity index (χ1n) is 7.98. The van der Waals surface area contributed by atoms with E-state index >= 15 is 0 Å². The molecule has 0 unspecified atom stereocenters. The van der Waals surface area contributed by atoms with E-state index in [-0.39, 0.29) is 29.7 Å². The fourth-order valence-corrected chi connectivity index (χ4v) is 2.88. The van der Waals surface area contributed by atoms with E-state index in [2.05, 4.69) is 10.4 Å². The maximum atomic E-state index is 12.3. The van der Waals surface area contributed by atoms with Gasteiger partial charge in [-0.05, 0) is 44.9 Å². The van der Waals surface area contributed by atoms with E-state index in [9.17, 15) is 9.59 Å². The Bertz CT molecular complexity index is 764. The van der Waals surface area contributed by atoms with E-state index in [4.69, 9.17) is 9.15 Å². The number of carbonyl (C=O) groups is 1. The monoisotopic (exact) mass is 331 g/mol. The second-order valence-corrected chi connectivity index (χ2v) is 6.56. The molecule has 1 aliphatic heterocycles. The standard InChI is InChI=1S/C17H21N3O4/c1-17(2)10-12(7-9-24-17)18-15(21)11-20-16(22)6-5-13(19-20)14-4-3-8-23-14/h3-6,8,12H,7,9-11H2,1-2H3,(H,18,21)/t12-/m0/s1. The van der Waals surface area contributed by atoms with Crippen LogP contribution in [0.3, 0.4) is 0 Å². The van der Waals surface area contributed by atoms with Gasteiger partial charge in [0.2, 0.25) is 5.91 Å². The lowest BCUT2D eigenvalue weighted by Gasteiger charge is -2.35. The summed E-state index contributed by atoms with van der Waals surface area (Å²) in [5.74, 6) is 0.319. The topological polar surface area (TPSA) is 86.4 Å². The van der Waals surface area contributed by atoms with Crippen molar-refractivity contribution in [3.63, 3.8) is 0 Å². The van der Waals surface area contributed by atoms with Crippen molar-refractivity contribution in [1.82, 2.24) is 15.1 Å². The lowest BCUT2D eigenvalue weighted by atomic mass is 9.94. The average molecular weight is 331 g/mol. The van der Waals surface area contributed by atoms with Gasteiger partial charge in [0.25, 0.3) is 5.56 Å². The first-order valence-corrected chi connectivity index (χ1v) is 7.98. The second-order valence-electron chi connectivity index (χ2n) is 6.56. The van der Waals surface area contributed by atoms with Crippen molar-refractivity contribution in [3.8, 4) is 11.5 Å². The van der Waals surface area contributed by atoms with Crippen molar-refractivity contribution in [2.24, 2.45) is 0 Å². The van der Waals surface area contributed by atoms with Crippen molar-refractivity contribution in [2.75, 3.05) is 6.61 Å². The number of amides is 1. The third-order valence-corrected chi connectivity index (χ3v) is 4.00. The molecule has 1 fully saturated rings. The third-order valence-electron chi connectivity index (χ3n) is 4.00. The Balaban J connectivity index is 1.68. The molecular weight excluding hydrogens is 310 g/mol. The summed E-state index contributed by atoms with van der Waals surface area (Å²) in [6, 6.07) is 6.50. The molecule has 1 amide bonds. The minimum atomic E-state index is -0.326. The van der Waals surface area contributed by atoms with Gasteiger partial charge in [-0.25, -0.2) is 4.68 Å². The van der Waals surface area contributed by atoms with Crippen molar-refractivity contribution < 1.29 is 13.9 Å². The molecule has 1 saturated heterocycles. The fourth-order valence-electron chi connectivity index (χ4n) is 2.88. The summed E-state index contributed by atoms with van der Waals surface area (Å²) < 4.78 is 12.1. The highest BCUT2D eigenvalue weighted by atomic mass is 16.5. The summed E-state index contributed by atoms with van der Waals surface area (Å²) >= 11 is 0. The van der Waals surface area contributed by atoms with Gasteiger partial charge in [0.05, 0.1) is 11.9 Å². The quantitative estimate of drug-likeness (QED) is 0.919. The molecule has 24 heavy (non-hydrogen) atoms. The van der Waals surface area contributed by atoms with E-state index in [1.165, 1.54) is 12.3 Å². The molecule has 2 aromatic heterocycles. The third kappa shape index (κ3) is 3.91.